The Labute approximate surface area is 260 Å². The number of ether oxygens (including phenoxy) is 3. The van der Waals surface area contributed by atoms with E-state index in [1.165, 1.54) is 12.1 Å². The van der Waals surface area contributed by atoms with Crippen LogP contribution in [0.4, 0.5) is 0 Å². The molecule has 12 heteroatoms. The van der Waals surface area contributed by atoms with E-state index in [9.17, 15) is 13.2 Å². The number of carbonyl (C=O) groups is 1. The summed E-state index contributed by atoms with van der Waals surface area (Å²) >= 11 is 3.59. The number of nitrogens with one attached hydrogen (secondary N) is 2. The van der Waals surface area contributed by atoms with Gasteiger partial charge in [0.1, 0.15) is 5.75 Å². The van der Waals surface area contributed by atoms with Crippen LogP contribution < -0.4 is 15.6 Å². The number of sulfone groups is 1. The molecule has 0 fully saturated rings. The van der Waals surface area contributed by atoms with Crippen LogP contribution in [-0.4, -0.2) is 70.1 Å². The Morgan fingerprint density at radius 2 is 1.74 bits per heavy atom. The van der Waals surface area contributed by atoms with Crippen molar-refractivity contribution in [2.24, 2.45) is 4.99 Å². The van der Waals surface area contributed by atoms with Crippen LogP contribution in [0.5, 0.6) is 5.75 Å². The number of aliphatic imine (C=N–C) groups is 1. The van der Waals surface area contributed by atoms with Crippen LogP contribution in [0.3, 0.4) is 0 Å². The lowest BCUT2D eigenvalue weighted by Crippen LogP contribution is -2.53. The van der Waals surface area contributed by atoms with E-state index < -0.39 is 27.4 Å². The molecule has 1 aliphatic heterocycles. The van der Waals surface area contributed by atoms with Gasteiger partial charge in [0.05, 0.1) is 17.3 Å². The molecule has 0 saturated carbocycles. The predicted molar refractivity (Wildman–Crippen MR) is 167 cm³/mol. The third kappa shape index (κ3) is 8.21. The fourth-order valence-electron chi connectivity index (χ4n) is 4.63. The first-order valence-electron chi connectivity index (χ1n) is 14.0. The topological polar surface area (TPSA) is 136 Å². The van der Waals surface area contributed by atoms with Crippen molar-refractivity contribution in [3.8, 4) is 5.75 Å². The zero-order chi connectivity index (χ0) is 30.7. The standard InChI is InChI=1S/C31H36BrN3O7S/c1-40-20-7-18-33-35-30(37)31(17-22-43(38,39)25-9-3-2-4-10-25)28(26-11-5-6-12-27(26)32)42-29(34-31)23-13-15-24(16-14-23)41-21-8-19-36/h2-6,9-16,28,33,36H,7-8,17-22H2,1H3,(H,35,37)/t28-,31-/m0/s1. The third-order valence-electron chi connectivity index (χ3n) is 6.92. The van der Waals surface area contributed by atoms with Gasteiger partial charge in [0.15, 0.2) is 21.5 Å². The molecule has 3 aromatic carbocycles. The highest BCUT2D eigenvalue weighted by atomic mass is 79.9. The van der Waals surface area contributed by atoms with Gasteiger partial charge in [0, 0.05) is 55.3 Å². The van der Waals surface area contributed by atoms with Gasteiger partial charge in [0.2, 0.25) is 5.90 Å². The number of halogens is 1. The average molecular weight is 675 g/mol. The Balaban J connectivity index is 1.73. The molecule has 0 unspecified atom stereocenters. The molecule has 1 aliphatic rings. The van der Waals surface area contributed by atoms with Crippen molar-refractivity contribution in [2.75, 3.05) is 39.2 Å². The minimum Gasteiger partial charge on any atom is -0.494 e. The molecule has 230 valence electrons. The lowest BCUT2D eigenvalue weighted by atomic mass is 9.85. The Hall–Kier alpha value is -3.29. The molecule has 3 aromatic rings. The van der Waals surface area contributed by atoms with Gasteiger partial charge in [-0.15, -0.1) is 0 Å². The van der Waals surface area contributed by atoms with Gasteiger partial charge < -0.3 is 19.3 Å². The number of carbonyl (C=O) groups excluding carboxylic acids is 1. The molecule has 0 aliphatic carbocycles. The van der Waals surface area contributed by atoms with E-state index in [0.29, 0.717) is 53.9 Å². The van der Waals surface area contributed by atoms with E-state index in [4.69, 9.17) is 24.3 Å². The molecule has 0 bridgehead atoms. The molecule has 4 rings (SSSR count). The van der Waals surface area contributed by atoms with Crippen LogP contribution >= 0.6 is 15.9 Å². The van der Waals surface area contributed by atoms with Crippen LogP contribution in [0.1, 0.15) is 36.5 Å². The maximum absolute atomic E-state index is 14.1. The fraction of sp³-hybridized carbons (Fsp3) is 0.355. The Morgan fingerprint density at radius 3 is 2.44 bits per heavy atom. The summed E-state index contributed by atoms with van der Waals surface area (Å²) in [7, 11) is -2.15. The van der Waals surface area contributed by atoms with Gasteiger partial charge in [0.25, 0.3) is 5.91 Å². The van der Waals surface area contributed by atoms with Crippen LogP contribution in [-0.2, 0) is 24.1 Å². The Kier molecular flexibility index (Phi) is 11.7. The summed E-state index contributed by atoms with van der Waals surface area (Å²) in [5.74, 6) is -0.0501. The number of aliphatic hydroxyl groups excluding tert-OH is 1. The Morgan fingerprint density at radius 1 is 1.02 bits per heavy atom. The van der Waals surface area contributed by atoms with Crippen LogP contribution in [0.2, 0.25) is 0 Å². The third-order valence-corrected chi connectivity index (χ3v) is 9.38. The molecule has 1 heterocycles. The first-order chi connectivity index (χ1) is 20.8. The highest BCUT2D eigenvalue weighted by Gasteiger charge is 2.54. The van der Waals surface area contributed by atoms with Gasteiger partial charge in [-0.25, -0.2) is 18.8 Å². The molecule has 0 saturated heterocycles. The second-order valence-corrected chi connectivity index (χ2v) is 12.9. The second kappa shape index (κ2) is 15.4. The van der Waals surface area contributed by atoms with Gasteiger partial charge >= 0.3 is 0 Å². The van der Waals surface area contributed by atoms with Gasteiger partial charge in [-0.2, -0.15) is 0 Å². The molecule has 0 radical (unpaired) electrons. The first kappa shape index (κ1) is 32.6. The molecular formula is C31H36BrN3O7S. The lowest BCUT2D eigenvalue weighted by molar-refractivity contribution is -0.130. The number of hydrogen-bond donors (Lipinski definition) is 3. The molecule has 10 nitrogen and oxygen atoms in total. The van der Waals surface area contributed by atoms with E-state index in [2.05, 4.69) is 26.8 Å². The largest absolute Gasteiger partial charge is 0.494 e. The first-order valence-corrected chi connectivity index (χ1v) is 16.4. The quantitative estimate of drug-likeness (QED) is 0.153. The summed E-state index contributed by atoms with van der Waals surface area (Å²) in [4.78, 5) is 19.1. The monoisotopic (exact) mass is 673 g/mol. The Bertz CT molecular complexity index is 1490. The predicted octanol–water partition coefficient (Wildman–Crippen LogP) is 3.99. The fourth-order valence-corrected chi connectivity index (χ4v) is 6.51. The van der Waals surface area contributed by atoms with Crippen molar-refractivity contribution in [1.29, 1.82) is 0 Å². The van der Waals surface area contributed by atoms with Gasteiger partial charge in [-0.05, 0) is 48.9 Å². The highest BCUT2D eigenvalue weighted by Crippen LogP contribution is 2.45. The SMILES string of the molecule is COCCCNNC(=O)[C@@]1(CCS(=O)(=O)c2ccccc2)N=C(c2ccc(OCCCO)cc2)O[C@H]1c1ccccc1Br. The van der Waals surface area contributed by atoms with Crippen LogP contribution in [0, 0.1) is 0 Å². The molecule has 0 aromatic heterocycles. The molecule has 2 atom stereocenters. The van der Waals surface area contributed by atoms with Gasteiger partial charge in [-0.1, -0.05) is 52.3 Å². The summed E-state index contributed by atoms with van der Waals surface area (Å²) < 4.78 is 44.7. The number of nitrogens with zero attached hydrogens (tertiary/aromatic N) is 1. The van der Waals surface area contributed by atoms with Crippen molar-refractivity contribution in [3.05, 3.63) is 94.5 Å². The molecule has 0 spiro atoms. The molecular weight excluding hydrogens is 638 g/mol. The normalized spacial score (nSPS) is 18.1. The smallest absolute Gasteiger partial charge is 0.266 e. The second-order valence-electron chi connectivity index (χ2n) is 9.92. The molecule has 3 N–H and O–H groups in total. The summed E-state index contributed by atoms with van der Waals surface area (Å²) in [6, 6.07) is 22.5. The average Bonchev–Trinajstić information content (AvgIpc) is 3.42. The van der Waals surface area contributed by atoms with E-state index in [0.717, 1.165) is 0 Å². The van der Waals surface area contributed by atoms with E-state index in [-0.39, 0.29) is 29.6 Å². The number of aliphatic hydroxyl groups is 1. The van der Waals surface area contributed by atoms with Gasteiger partial charge in [-0.3, -0.25) is 10.2 Å². The maximum Gasteiger partial charge on any atom is 0.266 e. The summed E-state index contributed by atoms with van der Waals surface area (Å²) in [5, 5.41) is 9.02. The van der Waals surface area contributed by atoms with Crippen LogP contribution in [0.15, 0.2) is 93.2 Å². The van der Waals surface area contributed by atoms with Crippen molar-refractivity contribution < 1.29 is 32.5 Å². The van der Waals surface area contributed by atoms with Crippen molar-refractivity contribution >= 4 is 37.6 Å². The van der Waals surface area contributed by atoms with Crippen LogP contribution in [0.25, 0.3) is 0 Å². The number of amides is 1. The maximum atomic E-state index is 14.1. The summed E-state index contributed by atoms with van der Waals surface area (Å²) in [6.07, 6.45) is 0.0738. The number of benzene rings is 3. The minimum absolute atomic E-state index is 0.0323. The summed E-state index contributed by atoms with van der Waals surface area (Å²) in [5.41, 5.74) is 5.28. The lowest BCUT2D eigenvalue weighted by Gasteiger charge is -2.31. The summed E-state index contributed by atoms with van der Waals surface area (Å²) in [6.45, 7) is 1.35. The zero-order valence-corrected chi connectivity index (χ0v) is 26.3. The number of methoxy groups -OCH3 is 1. The highest BCUT2D eigenvalue weighted by molar-refractivity contribution is 9.10. The van der Waals surface area contributed by atoms with Crippen molar-refractivity contribution in [3.63, 3.8) is 0 Å². The number of hydrogen-bond acceptors (Lipinski definition) is 9. The van der Waals surface area contributed by atoms with E-state index >= 15 is 0 Å². The number of rotatable bonds is 16. The molecule has 43 heavy (non-hydrogen) atoms. The van der Waals surface area contributed by atoms with E-state index in [1.54, 1.807) is 49.6 Å². The minimum atomic E-state index is -3.75. The van der Waals surface area contributed by atoms with Crippen molar-refractivity contribution in [2.45, 2.75) is 35.8 Å². The van der Waals surface area contributed by atoms with E-state index in [1.807, 2.05) is 24.3 Å². The number of hydrazine groups is 1. The zero-order valence-electron chi connectivity index (χ0n) is 23.9. The molecule has 1 amide bonds. The van der Waals surface area contributed by atoms with Crippen molar-refractivity contribution in [1.82, 2.24) is 10.9 Å².